The van der Waals surface area contributed by atoms with Gasteiger partial charge in [0.2, 0.25) is 0 Å². The van der Waals surface area contributed by atoms with Crippen LogP contribution in [0, 0.1) is 17.7 Å². The van der Waals surface area contributed by atoms with Crippen LogP contribution in [0.15, 0.2) is 12.1 Å². The molecule has 0 aliphatic carbocycles. The molecule has 0 aliphatic rings. The van der Waals surface area contributed by atoms with Crippen LogP contribution in [0.25, 0.3) is 0 Å². The summed E-state index contributed by atoms with van der Waals surface area (Å²) in [5, 5.41) is 9.87. The topological polar surface area (TPSA) is 37.3 Å². The fraction of sp³-hybridized carbons (Fsp3) is 0.182. The Morgan fingerprint density at radius 3 is 2.87 bits per heavy atom. The summed E-state index contributed by atoms with van der Waals surface area (Å²) in [4.78, 5) is 10.5. The number of hydrogen-bond donors (Lipinski definition) is 1. The molecule has 0 fully saturated rings. The maximum absolute atomic E-state index is 13.0. The summed E-state index contributed by atoms with van der Waals surface area (Å²) in [6.45, 7) is 0. The Labute approximate surface area is 95.2 Å². The summed E-state index contributed by atoms with van der Waals surface area (Å²) in [6, 6.07) is 2.45. The Bertz CT molecular complexity index is 432. The van der Waals surface area contributed by atoms with Crippen molar-refractivity contribution in [1.82, 2.24) is 0 Å². The molecule has 15 heavy (non-hydrogen) atoms. The van der Waals surface area contributed by atoms with E-state index in [-0.39, 0.29) is 5.56 Å². The van der Waals surface area contributed by atoms with E-state index in [1.165, 1.54) is 6.07 Å². The zero-order valence-corrected chi connectivity index (χ0v) is 9.34. The quantitative estimate of drug-likeness (QED) is 0.509. The van der Waals surface area contributed by atoms with Gasteiger partial charge in [-0.2, -0.15) is 0 Å². The molecule has 0 aliphatic heterocycles. The standard InChI is InChI=1S/C11H8BrFO2/c12-4-2-1-3-8-5-9(7-14)11(15)10(13)6-8/h5-7,15H,2,4H2. The van der Waals surface area contributed by atoms with Crippen molar-refractivity contribution >= 4 is 22.2 Å². The Morgan fingerprint density at radius 1 is 1.53 bits per heavy atom. The van der Waals surface area contributed by atoms with Crippen molar-refractivity contribution < 1.29 is 14.3 Å². The van der Waals surface area contributed by atoms with Crippen LogP contribution in [-0.2, 0) is 0 Å². The molecule has 4 heteroatoms. The van der Waals surface area contributed by atoms with Gasteiger partial charge in [0.15, 0.2) is 17.9 Å². The van der Waals surface area contributed by atoms with Gasteiger partial charge in [0.25, 0.3) is 0 Å². The number of carbonyl (C=O) groups is 1. The van der Waals surface area contributed by atoms with Gasteiger partial charge in [-0.05, 0) is 12.1 Å². The average Bonchev–Trinajstić information content (AvgIpc) is 2.23. The van der Waals surface area contributed by atoms with Gasteiger partial charge in [-0.3, -0.25) is 4.79 Å². The molecule has 0 bridgehead atoms. The number of carbonyl (C=O) groups excluding carboxylic acids is 1. The van der Waals surface area contributed by atoms with Crippen LogP contribution >= 0.6 is 15.9 Å². The molecule has 0 amide bonds. The van der Waals surface area contributed by atoms with E-state index in [0.29, 0.717) is 18.3 Å². The molecule has 2 nitrogen and oxygen atoms in total. The van der Waals surface area contributed by atoms with E-state index in [1.54, 1.807) is 0 Å². The van der Waals surface area contributed by atoms with E-state index < -0.39 is 11.6 Å². The van der Waals surface area contributed by atoms with Crippen LogP contribution in [0.3, 0.4) is 0 Å². The molecule has 0 aromatic heterocycles. The molecule has 0 saturated heterocycles. The molecule has 78 valence electrons. The summed E-state index contributed by atoms with van der Waals surface area (Å²) in [7, 11) is 0. The minimum absolute atomic E-state index is 0.0851. The predicted octanol–water partition coefficient (Wildman–Crippen LogP) is 2.48. The first-order valence-corrected chi connectivity index (χ1v) is 5.33. The second-order valence-electron chi connectivity index (χ2n) is 2.75. The number of halogens is 2. The lowest BCUT2D eigenvalue weighted by atomic mass is 10.1. The second kappa shape index (κ2) is 5.52. The molecule has 0 unspecified atom stereocenters. The average molecular weight is 271 g/mol. The van der Waals surface area contributed by atoms with E-state index in [9.17, 15) is 9.18 Å². The smallest absolute Gasteiger partial charge is 0.166 e. The molecule has 1 aromatic rings. The summed E-state index contributed by atoms with van der Waals surface area (Å²) in [6.07, 6.45) is 1.03. The van der Waals surface area contributed by atoms with Gasteiger partial charge in [0.05, 0.1) is 5.56 Å². The van der Waals surface area contributed by atoms with Gasteiger partial charge in [-0.15, -0.1) is 0 Å². The van der Waals surface area contributed by atoms with Gasteiger partial charge < -0.3 is 5.11 Å². The highest BCUT2D eigenvalue weighted by Gasteiger charge is 2.07. The summed E-state index contributed by atoms with van der Waals surface area (Å²) < 4.78 is 13.0. The van der Waals surface area contributed by atoms with Gasteiger partial charge >= 0.3 is 0 Å². The lowest BCUT2D eigenvalue weighted by Gasteiger charge is -1.99. The highest BCUT2D eigenvalue weighted by Crippen LogP contribution is 2.21. The van der Waals surface area contributed by atoms with E-state index in [0.717, 1.165) is 11.4 Å². The van der Waals surface area contributed by atoms with Crippen molar-refractivity contribution in [3.63, 3.8) is 0 Å². The second-order valence-corrected chi connectivity index (χ2v) is 3.55. The van der Waals surface area contributed by atoms with Crippen molar-refractivity contribution in [2.75, 3.05) is 5.33 Å². The third-order valence-electron chi connectivity index (χ3n) is 1.67. The van der Waals surface area contributed by atoms with Crippen LogP contribution < -0.4 is 0 Å². The van der Waals surface area contributed by atoms with Crippen molar-refractivity contribution in [3.8, 4) is 17.6 Å². The zero-order chi connectivity index (χ0) is 11.3. The number of phenolic OH excluding ortho intramolecular Hbond substituents is 1. The Hall–Kier alpha value is -1.34. The minimum atomic E-state index is -0.831. The maximum Gasteiger partial charge on any atom is 0.166 e. The van der Waals surface area contributed by atoms with Crippen molar-refractivity contribution in [1.29, 1.82) is 0 Å². The highest BCUT2D eigenvalue weighted by atomic mass is 79.9. The fourth-order valence-corrected chi connectivity index (χ4v) is 1.19. The largest absolute Gasteiger partial charge is 0.504 e. The first-order valence-electron chi connectivity index (χ1n) is 4.21. The Balaban J connectivity index is 3.07. The highest BCUT2D eigenvalue weighted by molar-refractivity contribution is 9.09. The molecule has 1 N–H and O–H groups in total. The molecule has 0 atom stereocenters. The number of hydrogen-bond acceptors (Lipinski definition) is 2. The molecule has 1 rings (SSSR count). The van der Waals surface area contributed by atoms with Crippen molar-refractivity contribution in [2.24, 2.45) is 0 Å². The first kappa shape index (κ1) is 11.7. The van der Waals surface area contributed by atoms with Gasteiger partial charge in [0.1, 0.15) is 0 Å². The van der Waals surface area contributed by atoms with Crippen LogP contribution in [0.5, 0.6) is 5.75 Å². The van der Waals surface area contributed by atoms with Crippen molar-refractivity contribution in [2.45, 2.75) is 6.42 Å². The molecular formula is C11H8BrFO2. The number of rotatable bonds is 2. The van der Waals surface area contributed by atoms with Crippen LogP contribution in [0.2, 0.25) is 0 Å². The third-order valence-corrected chi connectivity index (χ3v) is 2.07. The number of aldehydes is 1. The summed E-state index contributed by atoms with van der Waals surface area (Å²) in [5.74, 6) is 4.03. The molecule has 0 saturated carbocycles. The summed E-state index contributed by atoms with van der Waals surface area (Å²) in [5.41, 5.74) is 0.298. The molecule has 0 heterocycles. The van der Waals surface area contributed by atoms with Gasteiger partial charge in [-0.1, -0.05) is 27.8 Å². The van der Waals surface area contributed by atoms with E-state index in [2.05, 4.69) is 27.8 Å². The SMILES string of the molecule is O=Cc1cc(C#CCCBr)cc(F)c1O. The molecule has 0 spiro atoms. The normalized spacial score (nSPS) is 9.20. The lowest BCUT2D eigenvalue weighted by Crippen LogP contribution is -1.88. The maximum atomic E-state index is 13.0. The fourth-order valence-electron chi connectivity index (χ4n) is 0.994. The Morgan fingerprint density at radius 2 is 2.27 bits per heavy atom. The van der Waals surface area contributed by atoms with Crippen LogP contribution in [-0.4, -0.2) is 16.7 Å². The van der Waals surface area contributed by atoms with Gasteiger partial charge in [-0.25, -0.2) is 4.39 Å². The van der Waals surface area contributed by atoms with Gasteiger partial charge in [0, 0.05) is 17.3 Å². The minimum Gasteiger partial charge on any atom is -0.504 e. The van der Waals surface area contributed by atoms with Crippen LogP contribution in [0.4, 0.5) is 4.39 Å². The molecule has 0 radical (unpaired) electrons. The van der Waals surface area contributed by atoms with Crippen molar-refractivity contribution in [3.05, 3.63) is 29.1 Å². The first-order chi connectivity index (χ1) is 7.19. The Kier molecular flexibility index (Phi) is 4.32. The van der Waals surface area contributed by atoms with Crippen LogP contribution in [0.1, 0.15) is 22.3 Å². The number of alkyl halides is 1. The lowest BCUT2D eigenvalue weighted by molar-refractivity contribution is 0.112. The molecule has 1 aromatic carbocycles. The predicted molar refractivity (Wildman–Crippen MR) is 58.7 cm³/mol. The van der Waals surface area contributed by atoms with E-state index in [4.69, 9.17) is 5.11 Å². The number of aromatic hydroxyl groups is 1. The van der Waals surface area contributed by atoms with E-state index in [1.807, 2.05) is 0 Å². The molecular weight excluding hydrogens is 263 g/mol. The number of phenols is 1. The summed E-state index contributed by atoms with van der Waals surface area (Å²) >= 11 is 3.20. The third kappa shape index (κ3) is 3.07. The number of benzene rings is 1. The zero-order valence-electron chi connectivity index (χ0n) is 7.76. The monoisotopic (exact) mass is 270 g/mol. The van der Waals surface area contributed by atoms with E-state index >= 15 is 0 Å².